The Labute approximate surface area is 123 Å². The molecule has 1 aromatic rings. The van der Waals surface area contributed by atoms with Crippen molar-refractivity contribution in [3.05, 3.63) is 34.9 Å². The number of aryl methyl sites for hydroxylation is 2. The van der Waals surface area contributed by atoms with Gasteiger partial charge in [0.1, 0.15) is 0 Å². The first kappa shape index (κ1) is 14.1. The maximum Gasteiger partial charge on any atom is 0.0354 e. The van der Waals surface area contributed by atoms with Crippen LogP contribution in [-0.4, -0.2) is 31.6 Å². The smallest absolute Gasteiger partial charge is 0.0354 e. The fourth-order valence-corrected chi connectivity index (χ4v) is 3.98. The van der Waals surface area contributed by atoms with Gasteiger partial charge in [-0.3, -0.25) is 4.90 Å². The van der Waals surface area contributed by atoms with E-state index in [0.717, 1.165) is 5.92 Å². The van der Waals surface area contributed by atoms with E-state index in [4.69, 9.17) is 0 Å². The molecule has 1 heterocycles. The predicted molar refractivity (Wildman–Crippen MR) is 85.1 cm³/mol. The Morgan fingerprint density at radius 1 is 1.20 bits per heavy atom. The van der Waals surface area contributed by atoms with Gasteiger partial charge in [-0.1, -0.05) is 23.8 Å². The standard InChI is InChI=1S/C18H28N2/c1-14-3-4-16-5-6-18(17(16)13-14)20-11-8-15(9-12-20)7-10-19-2/h3-4,13,15,18-19H,5-12H2,1-2H3. The molecule has 1 atom stereocenters. The van der Waals surface area contributed by atoms with Gasteiger partial charge in [0.15, 0.2) is 0 Å². The van der Waals surface area contributed by atoms with Crippen molar-refractivity contribution in [1.82, 2.24) is 10.2 Å². The summed E-state index contributed by atoms with van der Waals surface area (Å²) in [7, 11) is 2.06. The topological polar surface area (TPSA) is 15.3 Å². The molecular weight excluding hydrogens is 244 g/mol. The van der Waals surface area contributed by atoms with E-state index < -0.39 is 0 Å². The molecule has 20 heavy (non-hydrogen) atoms. The number of hydrogen-bond acceptors (Lipinski definition) is 2. The first-order chi connectivity index (χ1) is 9.78. The van der Waals surface area contributed by atoms with E-state index in [1.165, 1.54) is 57.3 Å². The van der Waals surface area contributed by atoms with Gasteiger partial charge in [0, 0.05) is 6.04 Å². The van der Waals surface area contributed by atoms with Crippen LogP contribution in [0, 0.1) is 12.8 Å². The molecule has 3 rings (SSSR count). The number of nitrogens with zero attached hydrogens (tertiary/aromatic N) is 1. The molecule has 1 aromatic carbocycles. The van der Waals surface area contributed by atoms with Gasteiger partial charge in [0.25, 0.3) is 0 Å². The van der Waals surface area contributed by atoms with Gasteiger partial charge in [0.2, 0.25) is 0 Å². The molecule has 0 radical (unpaired) electrons. The van der Waals surface area contributed by atoms with Gasteiger partial charge < -0.3 is 5.32 Å². The second-order valence-corrected chi connectivity index (χ2v) is 6.63. The highest BCUT2D eigenvalue weighted by molar-refractivity contribution is 5.37. The lowest BCUT2D eigenvalue weighted by Crippen LogP contribution is -2.36. The van der Waals surface area contributed by atoms with Crippen LogP contribution in [0.4, 0.5) is 0 Å². The first-order valence-corrected chi connectivity index (χ1v) is 8.26. The van der Waals surface area contributed by atoms with Gasteiger partial charge >= 0.3 is 0 Å². The number of nitrogens with one attached hydrogen (secondary N) is 1. The maximum absolute atomic E-state index is 3.29. The van der Waals surface area contributed by atoms with Crippen molar-refractivity contribution in [2.45, 2.75) is 45.1 Å². The molecular formula is C18H28N2. The summed E-state index contributed by atoms with van der Waals surface area (Å²) in [5, 5.41) is 3.29. The minimum Gasteiger partial charge on any atom is -0.320 e. The first-order valence-electron chi connectivity index (χ1n) is 8.26. The summed E-state index contributed by atoms with van der Waals surface area (Å²) >= 11 is 0. The highest BCUT2D eigenvalue weighted by Gasteiger charge is 2.30. The van der Waals surface area contributed by atoms with Gasteiger partial charge in [-0.25, -0.2) is 0 Å². The van der Waals surface area contributed by atoms with Gasteiger partial charge in [-0.2, -0.15) is 0 Å². The molecule has 2 heteroatoms. The molecule has 2 nitrogen and oxygen atoms in total. The zero-order valence-corrected chi connectivity index (χ0v) is 13.0. The lowest BCUT2D eigenvalue weighted by molar-refractivity contribution is 0.129. The highest BCUT2D eigenvalue weighted by Crippen LogP contribution is 2.38. The number of piperidine rings is 1. The van der Waals surface area contributed by atoms with Crippen LogP contribution in [-0.2, 0) is 6.42 Å². The van der Waals surface area contributed by atoms with Gasteiger partial charge in [-0.05, 0) is 82.8 Å². The fraction of sp³-hybridized carbons (Fsp3) is 0.667. The zero-order chi connectivity index (χ0) is 13.9. The van der Waals surface area contributed by atoms with Gasteiger partial charge in [0.05, 0.1) is 0 Å². The summed E-state index contributed by atoms with van der Waals surface area (Å²) < 4.78 is 0. The average molecular weight is 272 g/mol. The monoisotopic (exact) mass is 272 g/mol. The molecule has 1 fully saturated rings. The van der Waals surface area contributed by atoms with Gasteiger partial charge in [-0.15, -0.1) is 0 Å². The summed E-state index contributed by atoms with van der Waals surface area (Å²) in [6.07, 6.45) is 6.74. The molecule has 1 aliphatic carbocycles. The molecule has 1 saturated heterocycles. The van der Waals surface area contributed by atoms with Crippen molar-refractivity contribution in [3.63, 3.8) is 0 Å². The Balaban J connectivity index is 1.61. The van der Waals surface area contributed by atoms with E-state index >= 15 is 0 Å². The lowest BCUT2D eigenvalue weighted by atomic mass is 9.92. The SMILES string of the molecule is CNCCC1CCN(C2CCc3ccc(C)cc32)CC1. The third kappa shape index (κ3) is 2.91. The minimum atomic E-state index is 0.704. The van der Waals surface area contributed by atoms with E-state index in [1.807, 2.05) is 0 Å². The number of fused-ring (bicyclic) bond motifs is 1. The summed E-state index contributed by atoms with van der Waals surface area (Å²) in [5.74, 6) is 0.942. The van der Waals surface area contributed by atoms with Crippen LogP contribution < -0.4 is 5.32 Å². The Hall–Kier alpha value is -0.860. The van der Waals surface area contributed by atoms with Crippen LogP contribution in [0.3, 0.4) is 0 Å². The van der Waals surface area contributed by atoms with Crippen molar-refractivity contribution in [1.29, 1.82) is 0 Å². The fourth-order valence-electron chi connectivity index (χ4n) is 3.98. The number of rotatable bonds is 4. The molecule has 1 N–H and O–H groups in total. The second-order valence-electron chi connectivity index (χ2n) is 6.63. The molecule has 0 bridgehead atoms. The molecule has 2 aliphatic rings. The van der Waals surface area contributed by atoms with Crippen molar-refractivity contribution in [3.8, 4) is 0 Å². The van der Waals surface area contributed by atoms with Crippen molar-refractivity contribution in [2.24, 2.45) is 5.92 Å². The Morgan fingerprint density at radius 3 is 2.75 bits per heavy atom. The zero-order valence-electron chi connectivity index (χ0n) is 13.0. The summed E-state index contributed by atoms with van der Waals surface area (Å²) in [6, 6.07) is 7.76. The Bertz CT molecular complexity index is 447. The van der Waals surface area contributed by atoms with Crippen LogP contribution in [0.2, 0.25) is 0 Å². The van der Waals surface area contributed by atoms with E-state index in [0.29, 0.717) is 6.04 Å². The number of benzene rings is 1. The number of hydrogen-bond donors (Lipinski definition) is 1. The molecule has 1 aliphatic heterocycles. The van der Waals surface area contributed by atoms with Crippen LogP contribution in [0.15, 0.2) is 18.2 Å². The minimum absolute atomic E-state index is 0.704. The Morgan fingerprint density at radius 2 is 2.00 bits per heavy atom. The maximum atomic E-state index is 3.29. The third-order valence-corrected chi connectivity index (χ3v) is 5.24. The quantitative estimate of drug-likeness (QED) is 0.904. The number of likely N-dealkylation sites (tertiary alicyclic amines) is 1. The average Bonchev–Trinajstić information content (AvgIpc) is 2.88. The third-order valence-electron chi connectivity index (χ3n) is 5.24. The normalized spacial score (nSPS) is 24.0. The van der Waals surface area contributed by atoms with Crippen molar-refractivity contribution < 1.29 is 0 Å². The molecule has 0 aromatic heterocycles. The Kier molecular flexibility index (Phi) is 4.42. The van der Waals surface area contributed by atoms with Crippen LogP contribution >= 0.6 is 0 Å². The molecule has 0 spiro atoms. The molecule has 110 valence electrons. The predicted octanol–water partition coefficient (Wildman–Crippen LogP) is 3.30. The molecule has 1 unspecified atom stereocenters. The van der Waals surface area contributed by atoms with Crippen molar-refractivity contribution in [2.75, 3.05) is 26.7 Å². The van der Waals surface area contributed by atoms with E-state index in [1.54, 1.807) is 11.1 Å². The summed E-state index contributed by atoms with van der Waals surface area (Å²) in [5.41, 5.74) is 4.64. The van der Waals surface area contributed by atoms with Crippen molar-refractivity contribution >= 4 is 0 Å². The van der Waals surface area contributed by atoms with E-state index in [2.05, 4.69) is 42.4 Å². The summed E-state index contributed by atoms with van der Waals surface area (Å²) in [4.78, 5) is 2.75. The van der Waals surface area contributed by atoms with E-state index in [9.17, 15) is 0 Å². The second kappa shape index (κ2) is 6.28. The molecule has 0 amide bonds. The van der Waals surface area contributed by atoms with Crippen LogP contribution in [0.25, 0.3) is 0 Å². The van der Waals surface area contributed by atoms with Crippen LogP contribution in [0.1, 0.15) is 48.4 Å². The summed E-state index contributed by atoms with van der Waals surface area (Å²) in [6.45, 7) is 5.99. The highest BCUT2D eigenvalue weighted by atomic mass is 15.2. The largest absolute Gasteiger partial charge is 0.320 e. The van der Waals surface area contributed by atoms with E-state index in [-0.39, 0.29) is 0 Å². The van der Waals surface area contributed by atoms with Crippen LogP contribution in [0.5, 0.6) is 0 Å². The lowest BCUT2D eigenvalue weighted by Gasteiger charge is -2.36. The molecule has 0 saturated carbocycles.